The van der Waals surface area contributed by atoms with Gasteiger partial charge in [0.2, 0.25) is 17.8 Å². The summed E-state index contributed by atoms with van der Waals surface area (Å²) >= 11 is 0. The van der Waals surface area contributed by atoms with E-state index in [0.29, 0.717) is 19.1 Å². The van der Waals surface area contributed by atoms with Gasteiger partial charge in [-0.2, -0.15) is 0 Å². The van der Waals surface area contributed by atoms with E-state index >= 15 is 0 Å². The lowest BCUT2D eigenvalue weighted by Gasteiger charge is -2.27. The summed E-state index contributed by atoms with van der Waals surface area (Å²) in [7, 11) is 1.64. The lowest BCUT2D eigenvalue weighted by atomic mass is 10.1. The van der Waals surface area contributed by atoms with Crippen LogP contribution in [0.5, 0.6) is 5.75 Å². The van der Waals surface area contributed by atoms with Crippen molar-refractivity contribution in [2.75, 3.05) is 32.1 Å². The summed E-state index contributed by atoms with van der Waals surface area (Å²) in [4.78, 5) is 33.3. The molecule has 1 aliphatic heterocycles. The maximum Gasteiger partial charge on any atom is 0.246 e. The molecule has 1 saturated heterocycles. The van der Waals surface area contributed by atoms with Crippen LogP contribution in [0.2, 0.25) is 0 Å². The topological polar surface area (TPSA) is 85.7 Å². The number of methoxy groups -OCH3 is 1. The molecular formula is C31H38N4O4. The number of aromatic nitrogens is 2. The highest BCUT2D eigenvalue weighted by atomic mass is 16.5. The number of amides is 2. The quantitative estimate of drug-likeness (QED) is 0.406. The minimum Gasteiger partial charge on any atom is -0.497 e. The molecule has 0 radical (unpaired) electrons. The average Bonchev–Trinajstić information content (AvgIpc) is 3.72. The first-order valence-electron chi connectivity index (χ1n) is 13.9. The second-order valence-corrected chi connectivity index (χ2v) is 10.7. The molecule has 1 N–H and O–H groups in total. The first-order valence-corrected chi connectivity index (χ1v) is 13.9. The van der Waals surface area contributed by atoms with Crippen LogP contribution in [0.15, 0.2) is 48.7 Å². The molecule has 5 rings (SSSR count). The molecule has 2 aliphatic rings. The number of nitrogens with zero attached hydrogens (tertiary/aromatic N) is 3. The third-order valence-corrected chi connectivity index (χ3v) is 7.91. The van der Waals surface area contributed by atoms with E-state index in [-0.39, 0.29) is 30.4 Å². The van der Waals surface area contributed by atoms with Gasteiger partial charge in [-0.3, -0.25) is 19.5 Å². The van der Waals surface area contributed by atoms with E-state index in [2.05, 4.69) is 31.3 Å². The van der Waals surface area contributed by atoms with Gasteiger partial charge in [-0.1, -0.05) is 18.9 Å². The lowest BCUT2D eigenvalue weighted by molar-refractivity contribution is -0.139. The van der Waals surface area contributed by atoms with Gasteiger partial charge >= 0.3 is 0 Å². The predicted molar refractivity (Wildman–Crippen MR) is 151 cm³/mol. The van der Waals surface area contributed by atoms with Crippen LogP contribution in [0.1, 0.15) is 49.7 Å². The Hall–Kier alpha value is -3.65. The molecule has 3 aromatic rings. The van der Waals surface area contributed by atoms with Gasteiger partial charge in [0.25, 0.3) is 0 Å². The Bertz CT molecular complexity index is 1300. The minimum absolute atomic E-state index is 0.00148. The zero-order valence-corrected chi connectivity index (χ0v) is 23.1. The first-order chi connectivity index (χ1) is 18.9. The Kier molecular flexibility index (Phi) is 8.31. The normalized spacial score (nSPS) is 17.4. The Morgan fingerprint density at radius 3 is 2.49 bits per heavy atom. The largest absolute Gasteiger partial charge is 0.497 e. The fraction of sp³-hybridized carbons (Fsp3) is 0.452. The smallest absolute Gasteiger partial charge is 0.246 e. The van der Waals surface area contributed by atoms with E-state index in [1.165, 1.54) is 5.56 Å². The summed E-state index contributed by atoms with van der Waals surface area (Å²) in [5, 5.41) is 3.01. The molecule has 0 spiro atoms. The highest BCUT2D eigenvalue weighted by molar-refractivity contribution is 5.94. The van der Waals surface area contributed by atoms with Crippen LogP contribution in [0.25, 0.3) is 16.9 Å². The highest BCUT2D eigenvalue weighted by Crippen LogP contribution is 2.29. The molecular weight excluding hydrogens is 492 g/mol. The molecule has 1 atom stereocenters. The van der Waals surface area contributed by atoms with Crippen LogP contribution in [0.4, 0.5) is 5.95 Å². The molecule has 2 aromatic carbocycles. The van der Waals surface area contributed by atoms with Crippen molar-refractivity contribution in [3.8, 4) is 22.7 Å². The van der Waals surface area contributed by atoms with Crippen molar-refractivity contribution < 1.29 is 19.1 Å². The van der Waals surface area contributed by atoms with Crippen molar-refractivity contribution in [2.45, 2.75) is 58.5 Å². The number of rotatable bonds is 9. The summed E-state index contributed by atoms with van der Waals surface area (Å²) < 4.78 is 13.0. The molecule has 39 heavy (non-hydrogen) atoms. The number of aryl methyl sites for hydroxylation is 2. The predicted octanol–water partition coefficient (Wildman–Crippen LogP) is 5.30. The fourth-order valence-corrected chi connectivity index (χ4v) is 5.48. The third kappa shape index (κ3) is 6.33. The molecule has 8 nitrogen and oxygen atoms in total. The molecule has 1 saturated carbocycles. The number of hydrogen-bond donors (Lipinski definition) is 1. The molecule has 1 aliphatic carbocycles. The van der Waals surface area contributed by atoms with Gasteiger partial charge in [-0.05, 0) is 87.1 Å². The standard InChI is InChI=1S/C31H38N4O4/c1-21-10-13-25(17-22(21)2)35-19-28(23-11-14-26(38-3)15-12-23)32-31(35)33-29(36)20-34(18-27-9-6-16-39-27)30(37)24-7-4-5-8-24/h10-15,17,19,24,27H,4-9,16,18,20H2,1-3H3,(H,32,33,36). The van der Waals surface area contributed by atoms with Crippen LogP contribution in [-0.2, 0) is 14.3 Å². The van der Waals surface area contributed by atoms with Crippen molar-refractivity contribution in [2.24, 2.45) is 5.92 Å². The minimum atomic E-state index is -0.267. The van der Waals surface area contributed by atoms with E-state index in [4.69, 9.17) is 14.5 Å². The molecule has 1 unspecified atom stereocenters. The van der Waals surface area contributed by atoms with Crippen molar-refractivity contribution in [1.29, 1.82) is 0 Å². The number of nitrogens with one attached hydrogen (secondary N) is 1. The summed E-state index contributed by atoms with van der Waals surface area (Å²) in [6.07, 6.45) is 7.74. The Labute approximate surface area is 230 Å². The number of hydrogen-bond acceptors (Lipinski definition) is 5. The maximum atomic E-state index is 13.4. The van der Waals surface area contributed by atoms with Gasteiger partial charge in [0.05, 0.1) is 18.9 Å². The monoisotopic (exact) mass is 530 g/mol. The van der Waals surface area contributed by atoms with Gasteiger partial charge in [0.15, 0.2) is 0 Å². The van der Waals surface area contributed by atoms with Crippen molar-refractivity contribution in [3.63, 3.8) is 0 Å². The van der Waals surface area contributed by atoms with Gasteiger partial charge in [-0.25, -0.2) is 4.98 Å². The fourth-order valence-electron chi connectivity index (χ4n) is 5.48. The summed E-state index contributed by atoms with van der Waals surface area (Å²) in [5.41, 5.74) is 4.87. The SMILES string of the molecule is COc1ccc(-c2cn(-c3ccc(C)c(C)c3)c(NC(=O)CN(CC3CCCO3)C(=O)C3CCCC3)n2)cc1. The van der Waals surface area contributed by atoms with Crippen molar-refractivity contribution in [3.05, 3.63) is 59.8 Å². The van der Waals surface area contributed by atoms with E-state index in [1.54, 1.807) is 12.0 Å². The van der Waals surface area contributed by atoms with Crippen molar-refractivity contribution >= 4 is 17.8 Å². The number of benzene rings is 2. The zero-order valence-electron chi connectivity index (χ0n) is 23.1. The van der Waals surface area contributed by atoms with E-state index in [9.17, 15) is 9.59 Å². The first kappa shape index (κ1) is 26.9. The molecule has 2 fully saturated rings. The average molecular weight is 531 g/mol. The number of imidazole rings is 1. The number of carbonyl (C=O) groups is 2. The number of carbonyl (C=O) groups excluding carboxylic acids is 2. The Morgan fingerprint density at radius 2 is 1.82 bits per heavy atom. The van der Waals surface area contributed by atoms with Crippen LogP contribution < -0.4 is 10.1 Å². The third-order valence-electron chi connectivity index (χ3n) is 7.91. The summed E-state index contributed by atoms with van der Waals surface area (Å²) in [6, 6.07) is 13.8. The summed E-state index contributed by atoms with van der Waals surface area (Å²) in [5.74, 6) is 0.975. The van der Waals surface area contributed by atoms with E-state index in [0.717, 1.165) is 66.8 Å². The van der Waals surface area contributed by atoms with Crippen LogP contribution in [-0.4, -0.2) is 59.2 Å². The maximum absolute atomic E-state index is 13.4. The van der Waals surface area contributed by atoms with Gasteiger partial charge in [-0.15, -0.1) is 0 Å². The molecule has 0 bridgehead atoms. The van der Waals surface area contributed by atoms with E-state index < -0.39 is 0 Å². The second kappa shape index (κ2) is 12.0. The van der Waals surface area contributed by atoms with Crippen LogP contribution >= 0.6 is 0 Å². The summed E-state index contributed by atoms with van der Waals surface area (Å²) in [6.45, 7) is 5.28. The van der Waals surface area contributed by atoms with Gasteiger partial charge in [0, 0.05) is 36.5 Å². The zero-order chi connectivity index (χ0) is 27.4. The van der Waals surface area contributed by atoms with Gasteiger partial charge in [0.1, 0.15) is 12.3 Å². The Balaban J connectivity index is 1.40. The number of anilines is 1. The van der Waals surface area contributed by atoms with Crippen molar-refractivity contribution in [1.82, 2.24) is 14.5 Å². The highest BCUT2D eigenvalue weighted by Gasteiger charge is 2.31. The van der Waals surface area contributed by atoms with Crippen LogP contribution in [0, 0.1) is 19.8 Å². The molecule has 1 aromatic heterocycles. The second-order valence-electron chi connectivity index (χ2n) is 10.7. The molecule has 2 heterocycles. The Morgan fingerprint density at radius 1 is 1.05 bits per heavy atom. The van der Waals surface area contributed by atoms with Crippen LogP contribution in [0.3, 0.4) is 0 Å². The molecule has 206 valence electrons. The lowest BCUT2D eigenvalue weighted by Crippen LogP contribution is -2.44. The molecule has 2 amide bonds. The van der Waals surface area contributed by atoms with Gasteiger partial charge < -0.3 is 14.4 Å². The number of ether oxygens (including phenoxy) is 2. The van der Waals surface area contributed by atoms with E-state index in [1.807, 2.05) is 41.1 Å². The molecule has 8 heteroatoms.